The summed E-state index contributed by atoms with van der Waals surface area (Å²) in [7, 11) is 1.71. The summed E-state index contributed by atoms with van der Waals surface area (Å²) in [6.07, 6.45) is 2.52. The minimum Gasteiger partial charge on any atom is -0.495 e. The van der Waals surface area contributed by atoms with Gasteiger partial charge in [-0.3, -0.25) is 0 Å². The molecule has 2 rings (SSSR count). The summed E-state index contributed by atoms with van der Waals surface area (Å²) < 4.78 is 6.39. The van der Waals surface area contributed by atoms with Crippen LogP contribution < -0.4 is 10.1 Å². The summed E-state index contributed by atoms with van der Waals surface area (Å²) >= 11 is 3.47. The molecule has 1 N–H and O–H groups in total. The van der Waals surface area contributed by atoms with Gasteiger partial charge in [-0.1, -0.05) is 22.9 Å². The molecule has 3 heteroatoms. The number of halogens is 1. The summed E-state index contributed by atoms with van der Waals surface area (Å²) in [6, 6.07) is 6.66. The molecule has 0 spiro atoms. The lowest BCUT2D eigenvalue weighted by molar-refractivity contribution is 0.308. The molecule has 2 nitrogen and oxygen atoms in total. The van der Waals surface area contributed by atoms with E-state index in [4.69, 9.17) is 4.74 Å². The van der Waals surface area contributed by atoms with Crippen LogP contribution in [0.3, 0.4) is 0 Å². The summed E-state index contributed by atoms with van der Waals surface area (Å²) in [4.78, 5) is 0. The maximum atomic E-state index is 5.31. The van der Waals surface area contributed by atoms with Crippen LogP contribution in [-0.4, -0.2) is 13.2 Å². The largest absolute Gasteiger partial charge is 0.495 e. The first kappa shape index (κ1) is 10.8. The number of nitrogens with one attached hydrogen (secondary N) is 1. The Morgan fingerprint density at radius 2 is 2.13 bits per heavy atom. The van der Waals surface area contributed by atoms with E-state index in [-0.39, 0.29) is 0 Å². The lowest BCUT2D eigenvalue weighted by atomic mass is 9.82. The van der Waals surface area contributed by atoms with Gasteiger partial charge in [0.25, 0.3) is 0 Å². The third-order valence-electron chi connectivity index (χ3n) is 2.89. The Kier molecular flexibility index (Phi) is 3.19. The van der Waals surface area contributed by atoms with Crippen molar-refractivity contribution in [1.82, 2.24) is 0 Å². The highest BCUT2D eigenvalue weighted by molar-refractivity contribution is 9.10. The molecule has 1 aliphatic rings. The van der Waals surface area contributed by atoms with E-state index in [1.807, 2.05) is 12.1 Å². The predicted octanol–water partition coefficient (Wildman–Crippen LogP) is 3.67. The normalized spacial score (nSPS) is 24.5. The number of hydrogen-bond donors (Lipinski definition) is 1. The molecule has 1 fully saturated rings. The first-order chi connectivity index (χ1) is 7.19. The van der Waals surface area contributed by atoms with Gasteiger partial charge in [-0.25, -0.2) is 0 Å². The fourth-order valence-electron chi connectivity index (χ4n) is 2.03. The van der Waals surface area contributed by atoms with Crippen molar-refractivity contribution < 1.29 is 4.74 Å². The molecule has 15 heavy (non-hydrogen) atoms. The average Bonchev–Trinajstić information content (AvgIpc) is 2.16. The summed E-state index contributed by atoms with van der Waals surface area (Å²) in [5.74, 6) is 1.78. The SMILES string of the molecule is COc1ccc(Br)cc1NC1CC(C)C1. The summed E-state index contributed by atoms with van der Waals surface area (Å²) in [5, 5.41) is 3.51. The van der Waals surface area contributed by atoms with Crippen LogP contribution in [0.25, 0.3) is 0 Å². The molecule has 0 radical (unpaired) electrons. The quantitative estimate of drug-likeness (QED) is 0.904. The molecule has 0 aliphatic heterocycles. The Morgan fingerprint density at radius 3 is 2.73 bits per heavy atom. The molecule has 1 aromatic carbocycles. The van der Waals surface area contributed by atoms with E-state index in [1.54, 1.807) is 7.11 Å². The highest BCUT2D eigenvalue weighted by Crippen LogP contribution is 2.34. The van der Waals surface area contributed by atoms with Gasteiger partial charge in [-0.05, 0) is 37.0 Å². The fourth-order valence-corrected chi connectivity index (χ4v) is 2.39. The molecular formula is C12H16BrNO. The Labute approximate surface area is 99.1 Å². The van der Waals surface area contributed by atoms with Gasteiger partial charge in [0.15, 0.2) is 0 Å². The molecule has 0 atom stereocenters. The van der Waals surface area contributed by atoms with Gasteiger partial charge >= 0.3 is 0 Å². The van der Waals surface area contributed by atoms with Gasteiger partial charge in [0, 0.05) is 10.5 Å². The smallest absolute Gasteiger partial charge is 0.142 e. The first-order valence-electron chi connectivity index (χ1n) is 5.29. The highest BCUT2D eigenvalue weighted by Gasteiger charge is 2.25. The molecule has 0 amide bonds. The zero-order valence-corrected chi connectivity index (χ0v) is 10.7. The molecular weight excluding hydrogens is 254 g/mol. The van der Waals surface area contributed by atoms with Crippen LogP contribution in [0.1, 0.15) is 19.8 Å². The second-order valence-electron chi connectivity index (χ2n) is 4.26. The van der Waals surface area contributed by atoms with Gasteiger partial charge < -0.3 is 10.1 Å². The average molecular weight is 270 g/mol. The van der Waals surface area contributed by atoms with Gasteiger partial charge in [-0.15, -0.1) is 0 Å². The van der Waals surface area contributed by atoms with E-state index in [0.29, 0.717) is 6.04 Å². The van der Waals surface area contributed by atoms with Gasteiger partial charge in [-0.2, -0.15) is 0 Å². The van der Waals surface area contributed by atoms with Crippen LogP contribution in [0.15, 0.2) is 22.7 Å². The van der Waals surface area contributed by atoms with E-state index in [9.17, 15) is 0 Å². The number of anilines is 1. The second kappa shape index (κ2) is 4.44. The van der Waals surface area contributed by atoms with Gasteiger partial charge in [0.2, 0.25) is 0 Å². The van der Waals surface area contributed by atoms with Crippen molar-refractivity contribution in [3.63, 3.8) is 0 Å². The van der Waals surface area contributed by atoms with Crippen LogP contribution >= 0.6 is 15.9 Å². The Bertz CT molecular complexity index is 347. The van der Waals surface area contributed by atoms with E-state index < -0.39 is 0 Å². The van der Waals surface area contributed by atoms with Crippen LogP contribution in [0.4, 0.5) is 5.69 Å². The van der Waals surface area contributed by atoms with Crippen molar-refractivity contribution in [3.8, 4) is 5.75 Å². The van der Waals surface area contributed by atoms with Gasteiger partial charge in [0.1, 0.15) is 5.75 Å². The summed E-state index contributed by atoms with van der Waals surface area (Å²) in [5.41, 5.74) is 1.09. The zero-order chi connectivity index (χ0) is 10.8. The van der Waals surface area contributed by atoms with Crippen molar-refractivity contribution >= 4 is 21.6 Å². The zero-order valence-electron chi connectivity index (χ0n) is 9.09. The molecule has 0 bridgehead atoms. The van der Waals surface area contributed by atoms with Crippen LogP contribution in [0.2, 0.25) is 0 Å². The number of ether oxygens (including phenoxy) is 1. The minimum atomic E-state index is 0.614. The molecule has 1 aromatic rings. The van der Waals surface area contributed by atoms with Crippen LogP contribution in [-0.2, 0) is 0 Å². The highest BCUT2D eigenvalue weighted by atomic mass is 79.9. The topological polar surface area (TPSA) is 21.3 Å². The molecule has 0 saturated heterocycles. The lowest BCUT2D eigenvalue weighted by Gasteiger charge is -2.34. The molecule has 0 aromatic heterocycles. The number of benzene rings is 1. The lowest BCUT2D eigenvalue weighted by Crippen LogP contribution is -2.33. The predicted molar refractivity (Wildman–Crippen MR) is 66.5 cm³/mol. The van der Waals surface area contributed by atoms with Crippen molar-refractivity contribution in [1.29, 1.82) is 0 Å². The van der Waals surface area contributed by atoms with E-state index in [1.165, 1.54) is 12.8 Å². The minimum absolute atomic E-state index is 0.614. The maximum absolute atomic E-state index is 5.31. The van der Waals surface area contributed by atoms with Gasteiger partial charge in [0.05, 0.1) is 12.8 Å². The van der Waals surface area contributed by atoms with E-state index >= 15 is 0 Å². The second-order valence-corrected chi connectivity index (χ2v) is 5.18. The summed E-state index contributed by atoms with van der Waals surface area (Å²) in [6.45, 7) is 2.29. The molecule has 82 valence electrons. The van der Waals surface area contributed by atoms with Crippen LogP contribution in [0.5, 0.6) is 5.75 Å². The first-order valence-corrected chi connectivity index (χ1v) is 6.08. The monoisotopic (exact) mass is 269 g/mol. The fraction of sp³-hybridized carbons (Fsp3) is 0.500. The van der Waals surface area contributed by atoms with Crippen LogP contribution in [0, 0.1) is 5.92 Å². The third-order valence-corrected chi connectivity index (χ3v) is 3.39. The number of methoxy groups -OCH3 is 1. The Hall–Kier alpha value is -0.700. The standard InChI is InChI=1S/C12H16BrNO/c1-8-5-10(6-8)14-11-7-9(13)3-4-12(11)15-2/h3-4,7-8,10,14H,5-6H2,1-2H3. The molecule has 1 aliphatic carbocycles. The van der Waals surface area contributed by atoms with Crippen molar-refractivity contribution in [2.45, 2.75) is 25.8 Å². The van der Waals surface area contributed by atoms with E-state index in [2.05, 4.69) is 34.2 Å². The van der Waals surface area contributed by atoms with E-state index in [0.717, 1.165) is 21.8 Å². The molecule has 0 heterocycles. The number of hydrogen-bond acceptors (Lipinski definition) is 2. The molecule has 1 saturated carbocycles. The third kappa shape index (κ3) is 2.46. The van der Waals surface area contributed by atoms with Crippen molar-refractivity contribution in [2.24, 2.45) is 5.92 Å². The maximum Gasteiger partial charge on any atom is 0.142 e. The number of rotatable bonds is 3. The Balaban J connectivity index is 2.08. The molecule has 0 unspecified atom stereocenters. The van der Waals surface area contributed by atoms with Crippen molar-refractivity contribution in [2.75, 3.05) is 12.4 Å². The Morgan fingerprint density at radius 1 is 1.40 bits per heavy atom. The van der Waals surface area contributed by atoms with Crippen molar-refractivity contribution in [3.05, 3.63) is 22.7 Å².